The van der Waals surface area contributed by atoms with Crippen LogP contribution in [0, 0.1) is 0 Å². The van der Waals surface area contributed by atoms with Crippen LogP contribution in [0.4, 0.5) is 0 Å². The molecule has 3 heterocycles. The van der Waals surface area contributed by atoms with Gasteiger partial charge in [0.1, 0.15) is 11.8 Å². The second kappa shape index (κ2) is 7.36. The van der Waals surface area contributed by atoms with Gasteiger partial charge >= 0.3 is 0 Å². The van der Waals surface area contributed by atoms with Crippen molar-refractivity contribution in [2.45, 2.75) is 25.6 Å². The summed E-state index contributed by atoms with van der Waals surface area (Å²) in [7, 11) is 1.50. The Morgan fingerprint density at radius 1 is 1.36 bits per heavy atom. The summed E-state index contributed by atoms with van der Waals surface area (Å²) in [6.07, 6.45) is -0.0326. The molecular formula is C18H18Cl2N4O4. The standard InChI is InChI=1S/C18H18Cl2N4O4/c1-22-18(27)16-12-8-23(17(26)10-2-3-13(19)14(20)6-10)5-4-15(12)21-24(16)7-11(9-25)28-22/h2-3,6,11,25H,4-5,7-9H2,1H3. The molecule has 0 aliphatic carbocycles. The molecule has 2 aliphatic heterocycles. The van der Waals surface area contributed by atoms with Gasteiger partial charge in [-0.05, 0) is 18.2 Å². The number of aliphatic hydroxyl groups excluding tert-OH is 1. The van der Waals surface area contributed by atoms with Gasteiger partial charge in [-0.25, -0.2) is 5.06 Å². The number of aromatic nitrogens is 2. The van der Waals surface area contributed by atoms with Crippen molar-refractivity contribution in [3.05, 3.63) is 50.8 Å². The number of fused-ring (bicyclic) bond motifs is 3. The number of nitrogens with zero attached hydrogens (tertiary/aromatic N) is 4. The lowest BCUT2D eigenvalue weighted by Crippen LogP contribution is -2.37. The largest absolute Gasteiger partial charge is 0.393 e. The quantitative estimate of drug-likeness (QED) is 0.793. The van der Waals surface area contributed by atoms with Gasteiger partial charge in [-0.1, -0.05) is 23.2 Å². The molecule has 10 heteroatoms. The molecule has 2 amide bonds. The molecule has 2 aliphatic rings. The van der Waals surface area contributed by atoms with Crippen LogP contribution in [0.25, 0.3) is 0 Å². The van der Waals surface area contributed by atoms with Crippen molar-refractivity contribution >= 4 is 35.0 Å². The fraction of sp³-hybridized carbons (Fsp3) is 0.389. The lowest BCUT2D eigenvalue weighted by atomic mass is 10.0. The van der Waals surface area contributed by atoms with Crippen LogP contribution in [0.15, 0.2) is 18.2 Å². The molecule has 1 unspecified atom stereocenters. The molecule has 0 saturated carbocycles. The van der Waals surface area contributed by atoms with Crippen LogP contribution < -0.4 is 0 Å². The third-order valence-electron chi connectivity index (χ3n) is 4.93. The van der Waals surface area contributed by atoms with Crippen molar-refractivity contribution in [2.24, 2.45) is 0 Å². The molecule has 1 N–H and O–H groups in total. The Bertz CT molecular complexity index is 961. The third kappa shape index (κ3) is 3.26. The van der Waals surface area contributed by atoms with Crippen LogP contribution in [0.1, 0.15) is 32.1 Å². The van der Waals surface area contributed by atoms with Crippen molar-refractivity contribution < 1.29 is 19.5 Å². The Morgan fingerprint density at radius 3 is 2.86 bits per heavy atom. The van der Waals surface area contributed by atoms with E-state index in [0.29, 0.717) is 39.8 Å². The smallest absolute Gasteiger partial charge is 0.295 e. The van der Waals surface area contributed by atoms with Crippen LogP contribution in [-0.2, 0) is 24.3 Å². The molecule has 1 aromatic heterocycles. The first-order chi connectivity index (χ1) is 13.4. The normalized spacial score (nSPS) is 19.3. The zero-order valence-electron chi connectivity index (χ0n) is 15.1. The highest BCUT2D eigenvalue weighted by molar-refractivity contribution is 6.42. The molecule has 1 aromatic carbocycles. The van der Waals surface area contributed by atoms with Gasteiger partial charge in [-0.3, -0.25) is 19.1 Å². The highest BCUT2D eigenvalue weighted by Crippen LogP contribution is 2.28. The highest BCUT2D eigenvalue weighted by atomic mass is 35.5. The lowest BCUT2D eigenvalue weighted by Gasteiger charge is -2.27. The van der Waals surface area contributed by atoms with Gasteiger partial charge in [0.05, 0.1) is 35.4 Å². The Balaban J connectivity index is 1.65. The molecule has 0 bridgehead atoms. The van der Waals surface area contributed by atoms with E-state index < -0.39 is 6.10 Å². The van der Waals surface area contributed by atoms with Crippen molar-refractivity contribution in [1.29, 1.82) is 0 Å². The second-order valence-corrected chi connectivity index (χ2v) is 7.59. The van der Waals surface area contributed by atoms with E-state index in [-0.39, 0.29) is 31.5 Å². The van der Waals surface area contributed by atoms with Crippen LogP contribution in [0.2, 0.25) is 10.0 Å². The van der Waals surface area contributed by atoms with Gasteiger partial charge in [0.25, 0.3) is 11.8 Å². The third-order valence-corrected chi connectivity index (χ3v) is 5.67. The SMILES string of the molecule is CN1OC(CO)Cn2nc3c(c2C1=O)CN(C(=O)c1ccc(Cl)c(Cl)c1)CC3. The number of benzene rings is 1. The number of amides is 2. The first kappa shape index (κ1) is 19.2. The monoisotopic (exact) mass is 424 g/mol. The summed E-state index contributed by atoms with van der Waals surface area (Å²) in [5.74, 6) is -0.545. The number of hydrogen-bond donors (Lipinski definition) is 1. The number of aliphatic hydroxyl groups is 1. The van der Waals surface area contributed by atoms with E-state index in [0.717, 1.165) is 10.8 Å². The topological polar surface area (TPSA) is 87.9 Å². The fourth-order valence-electron chi connectivity index (χ4n) is 3.52. The highest BCUT2D eigenvalue weighted by Gasteiger charge is 2.35. The molecule has 2 aromatic rings. The van der Waals surface area contributed by atoms with Crippen molar-refractivity contribution in [1.82, 2.24) is 19.7 Å². The van der Waals surface area contributed by atoms with E-state index in [1.807, 2.05) is 0 Å². The average Bonchev–Trinajstić information content (AvgIpc) is 2.99. The number of rotatable bonds is 2. The summed E-state index contributed by atoms with van der Waals surface area (Å²) in [4.78, 5) is 32.8. The first-order valence-corrected chi connectivity index (χ1v) is 9.53. The van der Waals surface area contributed by atoms with Crippen LogP contribution in [-0.4, -0.2) is 63.0 Å². The minimum atomic E-state index is -0.564. The average molecular weight is 425 g/mol. The Morgan fingerprint density at radius 2 is 2.14 bits per heavy atom. The minimum absolute atomic E-state index is 0.192. The molecule has 148 valence electrons. The number of hydroxylamine groups is 2. The van der Waals surface area contributed by atoms with E-state index in [2.05, 4.69) is 5.10 Å². The van der Waals surface area contributed by atoms with Gasteiger partial charge < -0.3 is 10.0 Å². The van der Waals surface area contributed by atoms with Crippen LogP contribution in [0.3, 0.4) is 0 Å². The summed E-state index contributed by atoms with van der Waals surface area (Å²) >= 11 is 12.0. The summed E-state index contributed by atoms with van der Waals surface area (Å²) in [5, 5.41) is 15.8. The molecule has 4 rings (SSSR count). The molecule has 0 saturated heterocycles. The van der Waals surface area contributed by atoms with Crippen molar-refractivity contribution in [3.63, 3.8) is 0 Å². The zero-order valence-corrected chi connectivity index (χ0v) is 16.6. The Kier molecular flexibility index (Phi) is 5.05. The molecular weight excluding hydrogens is 407 g/mol. The van der Waals surface area contributed by atoms with Gasteiger partial charge in [0.15, 0.2) is 0 Å². The molecule has 1 atom stereocenters. The maximum atomic E-state index is 12.9. The Labute approximate surface area is 171 Å². The van der Waals surface area contributed by atoms with E-state index in [4.69, 9.17) is 28.0 Å². The Hall–Kier alpha value is -2.13. The fourth-order valence-corrected chi connectivity index (χ4v) is 3.82. The number of carbonyl (C=O) groups is 2. The summed E-state index contributed by atoms with van der Waals surface area (Å²) in [6, 6.07) is 4.76. The predicted octanol–water partition coefficient (Wildman–Crippen LogP) is 1.77. The summed E-state index contributed by atoms with van der Waals surface area (Å²) < 4.78 is 1.57. The number of halogens is 2. The van der Waals surface area contributed by atoms with E-state index >= 15 is 0 Å². The molecule has 8 nitrogen and oxygen atoms in total. The van der Waals surface area contributed by atoms with E-state index in [1.165, 1.54) is 7.05 Å². The molecule has 0 spiro atoms. The molecule has 0 fully saturated rings. The second-order valence-electron chi connectivity index (χ2n) is 6.77. The summed E-state index contributed by atoms with van der Waals surface area (Å²) in [5.41, 5.74) is 2.32. The first-order valence-electron chi connectivity index (χ1n) is 8.77. The van der Waals surface area contributed by atoms with Gasteiger partial charge in [0.2, 0.25) is 0 Å². The zero-order chi connectivity index (χ0) is 20.0. The maximum absolute atomic E-state index is 12.9. The van der Waals surface area contributed by atoms with Crippen molar-refractivity contribution in [2.75, 3.05) is 20.2 Å². The lowest BCUT2D eigenvalue weighted by molar-refractivity contribution is -0.159. The number of hydrogen-bond acceptors (Lipinski definition) is 5. The number of carbonyl (C=O) groups excluding carboxylic acids is 2. The van der Waals surface area contributed by atoms with Crippen molar-refractivity contribution in [3.8, 4) is 0 Å². The van der Waals surface area contributed by atoms with Gasteiger partial charge in [0, 0.05) is 31.1 Å². The predicted molar refractivity (Wildman–Crippen MR) is 101 cm³/mol. The maximum Gasteiger partial charge on any atom is 0.295 e. The van der Waals surface area contributed by atoms with Gasteiger partial charge in [-0.2, -0.15) is 5.10 Å². The molecule has 28 heavy (non-hydrogen) atoms. The van der Waals surface area contributed by atoms with Crippen LogP contribution >= 0.6 is 23.2 Å². The van der Waals surface area contributed by atoms with E-state index in [9.17, 15) is 14.7 Å². The van der Waals surface area contributed by atoms with Gasteiger partial charge in [-0.15, -0.1) is 0 Å². The minimum Gasteiger partial charge on any atom is -0.393 e. The summed E-state index contributed by atoms with van der Waals surface area (Å²) in [6.45, 7) is 0.763. The van der Waals surface area contributed by atoms with Crippen LogP contribution in [0.5, 0.6) is 0 Å². The van der Waals surface area contributed by atoms with E-state index in [1.54, 1.807) is 27.8 Å². The molecule has 0 radical (unpaired) electrons.